The van der Waals surface area contributed by atoms with Crippen LogP contribution >= 0.6 is 0 Å². The summed E-state index contributed by atoms with van der Waals surface area (Å²) in [4.78, 5) is 96.9. The van der Waals surface area contributed by atoms with Crippen LogP contribution in [0.5, 0.6) is 46.0 Å². The van der Waals surface area contributed by atoms with Crippen molar-refractivity contribution in [3.05, 3.63) is 136 Å². The standard InChI is InChI=1S/C44H38O22/c1-7-35(45)57-21-53-31-17-27(18-32(54-22-58-36(46)8-2)41(31)63-25-61-39(49)11-5)43(51)65-29-13-15-30(16-14-29)66-44(52)28-19-33(55-23-59-37(47)9-3)42(64-26-62-40(50)12-6)34(20-28)56-24-60-38(48)10-4/h7-20H,1-6,21-26H2. The van der Waals surface area contributed by atoms with Crippen LogP contribution in [0.2, 0.25) is 0 Å². The summed E-state index contributed by atoms with van der Waals surface area (Å²) in [7, 11) is 0. The van der Waals surface area contributed by atoms with Crippen molar-refractivity contribution < 1.29 is 105 Å². The maximum absolute atomic E-state index is 13.5. The number of carbonyl (C=O) groups is 8. The van der Waals surface area contributed by atoms with Gasteiger partial charge in [0.05, 0.1) is 11.1 Å². The largest absolute Gasteiger partial charge is 0.453 e. The second kappa shape index (κ2) is 26.9. The van der Waals surface area contributed by atoms with Gasteiger partial charge in [-0.2, -0.15) is 0 Å². The van der Waals surface area contributed by atoms with Gasteiger partial charge in [0.15, 0.2) is 23.0 Å². The van der Waals surface area contributed by atoms with Crippen LogP contribution in [0.25, 0.3) is 0 Å². The Kier molecular flexibility index (Phi) is 20.8. The molecule has 3 rings (SSSR count). The van der Waals surface area contributed by atoms with Gasteiger partial charge in [-0.05, 0) is 48.5 Å². The van der Waals surface area contributed by atoms with Gasteiger partial charge in [0.1, 0.15) is 11.5 Å². The van der Waals surface area contributed by atoms with E-state index in [2.05, 4.69) is 39.5 Å². The predicted octanol–water partition coefficient (Wildman–Crippen LogP) is 4.52. The molecule has 0 unspecified atom stereocenters. The lowest BCUT2D eigenvalue weighted by Gasteiger charge is -2.18. The Morgan fingerprint density at radius 3 is 0.773 bits per heavy atom. The van der Waals surface area contributed by atoms with E-state index in [1.54, 1.807) is 0 Å². The molecule has 3 aromatic carbocycles. The minimum absolute atomic E-state index is 0.0885. The Hall–Kier alpha value is -9.34. The molecule has 0 atom stereocenters. The third-order valence-electron chi connectivity index (χ3n) is 7.23. The maximum atomic E-state index is 13.5. The SMILES string of the molecule is C=CC(=O)OCOc1cc(C(=O)Oc2ccc(OC(=O)c3cc(OCOC(=O)C=C)c(OCOC(=O)C=C)c(OCOC(=O)C=C)c3)cc2)cc(OCOC(=O)C=C)c1OCOC(=O)C=C. The summed E-state index contributed by atoms with van der Waals surface area (Å²) in [5.41, 5.74) is -0.534. The van der Waals surface area contributed by atoms with Gasteiger partial charge in [-0.15, -0.1) is 0 Å². The summed E-state index contributed by atoms with van der Waals surface area (Å²) < 4.78 is 73.1. The molecule has 0 saturated carbocycles. The zero-order valence-corrected chi connectivity index (χ0v) is 34.5. The number of hydrogen-bond acceptors (Lipinski definition) is 22. The van der Waals surface area contributed by atoms with Crippen LogP contribution in [0, 0.1) is 0 Å². The maximum Gasteiger partial charge on any atom is 0.343 e. The van der Waals surface area contributed by atoms with Crippen molar-refractivity contribution in [3.63, 3.8) is 0 Å². The fraction of sp³-hybridized carbons (Fsp3) is 0.136. The molecule has 0 saturated heterocycles. The van der Waals surface area contributed by atoms with E-state index in [4.69, 9.17) is 66.3 Å². The molecule has 66 heavy (non-hydrogen) atoms. The van der Waals surface area contributed by atoms with E-state index in [0.717, 1.165) is 60.7 Å². The Balaban J connectivity index is 1.92. The van der Waals surface area contributed by atoms with E-state index >= 15 is 0 Å². The number of esters is 8. The summed E-state index contributed by atoms with van der Waals surface area (Å²) in [6.45, 7) is 15.3. The van der Waals surface area contributed by atoms with Gasteiger partial charge in [0.2, 0.25) is 52.3 Å². The fourth-order valence-electron chi connectivity index (χ4n) is 4.26. The van der Waals surface area contributed by atoms with Gasteiger partial charge < -0.3 is 66.3 Å². The van der Waals surface area contributed by atoms with Gasteiger partial charge in [-0.1, -0.05) is 39.5 Å². The average molecular weight is 919 g/mol. The van der Waals surface area contributed by atoms with Crippen LogP contribution in [0.3, 0.4) is 0 Å². The highest BCUT2D eigenvalue weighted by atomic mass is 16.7. The van der Waals surface area contributed by atoms with Crippen LogP contribution in [0.4, 0.5) is 0 Å². The third-order valence-corrected chi connectivity index (χ3v) is 7.23. The first-order valence-corrected chi connectivity index (χ1v) is 18.2. The molecule has 0 aliphatic heterocycles. The number of hydrogen-bond donors (Lipinski definition) is 0. The van der Waals surface area contributed by atoms with Gasteiger partial charge in [-0.25, -0.2) is 38.4 Å². The van der Waals surface area contributed by atoms with E-state index in [1.165, 1.54) is 24.3 Å². The molecule has 0 amide bonds. The van der Waals surface area contributed by atoms with E-state index in [1.807, 2.05) is 0 Å². The lowest BCUT2D eigenvalue weighted by atomic mass is 10.1. The molecule has 0 heterocycles. The number of rotatable bonds is 28. The van der Waals surface area contributed by atoms with Crippen molar-refractivity contribution in [3.8, 4) is 46.0 Å². The molecule has 0 fully saturated rings. The van der Waals surface area contributed by atoms with Crippen molar-refractivity contribution >= 4 is 47.8 Å². The summed E-state index contributed by atoms with van der Waals surface area (Å²) in [6.07, 6.45) is 5.17. The molecule has 0 spiro atoms. The first-order chi connectivity index (χ1) is 31.7. The highest BCUT2D eigenvalue weighted by Crippen LogP contribution is 2.41. The molecule has 346 valence electrons. The normalized spacial score (nSPS) is 9.82. The van der Waals surface area contributed by atoms with Crippen molar-refractivity contribution in [2.75, 3.05) is 40.8 Å². The molecular weight excluding hydrogens is 880 g/mol. The van der Waals surface area contributed by atoms with E-state index in [9.17, 15) is 38.4 Å². The van der Waals surface area contributed by atoms with Gasteiger partial charge in [0.25, 0.3) is 0 Å². The second-order valence-corrected chi connectivity index (χ2v) is 11.4. The number of carbonyl (C=O) groups excluding carboxylic acids is 8. The summed E-state index contributed by atoms with van der Waals surface area (Å²) in [6, 6.07) is 9.38. The van der Waals surface area contributed by atoms with E-state index in [-0.39, 0.29) is 57.1 Å². The molecule has 22 nitrogen and oxygen atoms in total. The van der Waals surface area contributed by atoms with Gasteiger partial charge in [-0.3, -0.25) is 0 Å². The van der Waals surface area contributed by atoms with E-state index < -0.39 is 88.5 Å². The molecule has 3 aromatic rings. The average Bonchev–Trinajstić information content (AvgIpc) is 3.32. The van der Waals surface area contributed by atoms with Crippen molar-refractivity contribution in [1.29, 1.82) is 0 Å². The summed E-state index contributed by atoms with van der Waals surface area (Å²) >= 11 is 0. The van der Waals surface area contributed by atoms with Crippen LogP contribution in [-0.2, 0) is 57.2 Å². The quantitative estimate of drug-likeness (QED) is 0.0318. The molecule has 0 aliphatic rings. The minimum Gasteiger partial charge on any atom is -0.453 e. The first kappa shape index (κ1) is 51.0. The Morgan fingerprint density at radius 1 is 0.348 bits per heavy atom. The highest BCUT2D eigenvalue weighted by molar-refractivity contribution is 5.94. The smallest absolute Gasteiger partial charge is 0.343 e. The van der Waals surface area contributed by atoms with Crippen LogP contribution in [-0.4, -0.2) is 88.5 Å². The molecule has 0 N–H and O–H groups in total. The highest BCUT2D eigenvalue weighted by Gasteiger charge is 2.24. The summed E-state index contributed by atoms with van der Waals surface area (Å²) in [5, 5.41) is 0. The Morgan fingerprint density at radius 2 is 0.561 bits per heavy atom. The predicted molar refractivity (Wildman–Crippen MR) is 220 cm³/mol. The Labute approximate surface area is 374 Å². The number of ether oxygens (including phenoxy) is 14. The van der Waals surface area contributed by atoms with Gasteiger partial charge in [0, 0.05) is 36.5 Å². The lowest BCUT2D eigenvalue weighted by molar-refractivity contribution is -0.146. The molecule has 0 bridgehead atoms. The fourth-order valence-corrected chi connectivity index (χ4v) is 4.26. The van der Waals surface area contributed by atoms with Crippen molar-refractivity contribution in [1.82, 2.24) is 0 Å². The molecule has 0 aliphatic carbocycles. The molecule has 22 heteroatoms. The minimum atomic E-state index is -1.04. The second-order valence-electron chi connectivity index (χ2n) is 11.4. The Bertz CT molecular complexity index is 2090. The van der Waals surface area contributed by atoms with Crippen LogP contribution in [0.15, 0.2) is 124 Å². The van der Waals surface area contributed by atoms with Crippen molar-refractivity contribution in [2.45, 2.75) is 0 Å². The molecule has 0 radical (unpaired) electrons. The van der Waals surface area contributed by atoms with Gasteiger partial charge >= 0.3 is 47.8 Å². The zero-order valence-electron chi connectivity index (χ0n) is 34.5. The zero-order chi connectivity index (χ0) is 48.4. The molecular formula is C44H38O22. The number of benzene rings is 3. The van der Waals surface area contributed by atoms with Crippen LogP contribution < -0.4 is 37.9 Å². The van der Waals surface area contributed by atoms with Crippen molar-refractivity contribution in [2.24, 2.45) is 0 Å². The third kappa shape index (κ3) is 16.8. The topological polar surface area (TPSA) is 266 Å². The molecule has 0 aromatic heterocycles. The first-order valence-electron chi connectivity index (χ1n) is 18.2. The summed E-state index contributed by atoms with van der Waals surface area (Å²) in [5.74, 6) is -9.29. The van der Waals surface area contributed by atoms with E-state index in [0.29, 0.717) is 0 Å². The van der Waals surface area contributed by atoms with Crippen LogP contribution in [0.1, 0.15) is 20.7 Å². The lowest BCUT2D eigenvalue weighted by Crippen LogP contribution is -2.15. The monoisotopic (exact) mass is 918 g/mol.